The number of carbonyl (C=O) groups excluding carboxylic acids is 1. The first-order valence-electron chi connectivity index (χ1n) is 11.2. The Bertz CT molecular complexity index is 1030. The van der Waals surface area contributed by atoms with E-state index in [4.69, 9.17) is 0 Å². The van der Waals surface area contributed by atoms with Gasteiger partial charge in [0, 0.05) is 31.2 Å². The van der Waals surface area contributed by atoms with Crippen LogP contribution in [0.25, 0.3) is 0 Å². The van der Waals surface area contributed by atoms with Gasteiger partial charge in [-0.05, 0) is 62.1 Å². The van der Waals surface area contributed by atoms with E-state index in [9.17, 15) is 13.2 Å². The molecule has 2 aromatic rings. The van der Waals surface area contributed by atoms with Crippen LogP contribution < -0.4 is 9.62 Å². The Labute approximate surface area is 185 Å². The SMILES string of the molecule is CCCCN1CCC(NC(=O)c2cccc(S(=O)(=O)N3CCc4ccccc43)c2)CC1. The highest BCUT2D eigenvalue weighted by molar-refractivity contribution is 7.92. The molecule has 0 saturated carbocycles. The maximum absolute atomic E-state index is 13.3. The summed E-state index contributed by atoms with van der Waals surface area (Å²) in [6, 6.07) is 14.1. The number of nitrogens with zero attached hydrogens (tertiary/aromatic N) is 2. The number of nitrogens with one attached hydrogen (secondary N) is 1. The van der Waals surface area contributed by atoms with Crippen molar-refractivity contribution in [1.29, 1.82) is 0 Å². The van der Waals surface area contributed by atoms with Gasteiger partial charge in [0.25, 0.3) is 15.9 Å². The van der Waals surface area contributed by atoms with Gasteiger partial charge in [-0.25, -0.2) is 8.42 Å². The van der Waals surface area contributed by atoms with Crippen molar-refractivity contribution in [2.75, 3.05) is 30.5 Å². The highest BCUT2D eigenvalue weighted by Gasteiger charge is 2.31. The fourth-order valence-electron chi connectivity index (χ4n) is 4.43. The summed E-state index contributed by atoms with van der Waals surface area (Å²) >= 11 is 0. The van der Waals surface area contributed by atoms with Crippen molar-refractivity contribution < 1.29 is 13.2 Å². The molecular weight excluding hydrogens is 410 g/mol. The van der Waals surface area contributed by atoms with Gasteiger partial charge in [-0.3, -0.25) is 9.10 Å². The molecule has 6 nitrogen and oxygen atoms in total. The van der Waals surface area contributed by atoms with Crippen molar-refractivity contribution in [3.63, 3.8) is 0 Å². The summed E-state index contributed by atoms with van der Waals surface area (Å²) in [6.45, 7) is 5.73. The number of unbranched alkanes of at least 4 members (excludes halogenated alkanes) is 1. The average molecular weight is 442 g/mol. The molecule has 31 heavy (non-hydrogen) atoms. The van der Waals surface area contributed by atoms with Gasteiger partial charge in [-0.1, -0.05) is 37.6 Å². The molecule has 1 fully saturated rings. The summed E-state index contributed by atoms with van der Waals surface area (Å²) in [5.74, 6) is -0.203. The number of hydrogen-bond acceptors (Lipinski definition) is 4. The van der Waals surface area contributed by atoms with Gasteiger partial charge < -0.3 is 10.2 Å². The largest absolute Gasteiger partial charge is 0.349 e. The van der Waals surface area contributed by atoms with E-state index in [0.29, 0.717) is 18.5 Å². The van der Waals surface area contributed by atoms with E-state index in [0.717, 1.165) is 43.7 Å². The molecule has 0 aliphatic carbocycles. The minimum absolute atomic E-state index is 0.135. The molecule has 2 heterocycles. The summed E-state index contributed by atoms with van der Waals surface area (Å²) < 4.78 is 28.0. The fourth-order valence-corrected chi connectivity index (χ4v) is 5.98. The Hall–Kier alpha value is -2.38. The first-order chi connectivity index (χ1) is 15.0. The molecule has 1 N–H and O–H groups in total. The van der Waals surface area contributed by atoms with E-state index < -0.39 is 10.0 Å². The number of anilines is 1. The van der Waals surface area contributed by atoms with E-state index in [1.807, 2.05) is 24.3 Å². The van der Waals surface area contributed by atoms with Crippen molar-refractivity contribution in [2.24, 2.45) is 0 Å². The number of para-hydroxylation sites is 1. The van der Waals surface area contributed by atoms with Crippen LogP contribution in [0.1, 0.15) is 48.5 Å². The number of carbonyl (C=O) groups is 1. The Kier molecular flexibility index (Phi) is 6.62. The molecule has 0 unspecified atom stereocenters. The number of likely N-dealkylation sites (tertiary alicyclic amines) is 1. The van der Waals surface area contributed by atoms with Gasteiger partial charge >= 0.3 is 0 Å². The molecule has 4 rings (SSSR count). The fraction of sp³-hybridized carbons (Fsp3) is 0.458. The predicted molar refractivity (Wildman–Crippen MR) is 123 cm³/mol. The van der Waals surface area contributed by atoms with Crippen LogP contribution in [0.5, 0.6) is 0 Å². The quantitative estimate of drug-likeness (QED) is 0.715. The molecule has 0 bridgehead atoms. The van der Waals surface area contributed by atoms with Crippen molar-refractivity contribution in [1.82, 2.24) is 10.2 Å². The molecule has 0 spiro atoms. The molecule has 0 atom stereocenters. The van der Waals surface area contributed by atoms with Crippen LogP contribution in [0, 0.1) is 0 Å². The number of sulfonamides is 1. The number of rotatable bonds is 7. The van der Waals surface area contributed by atoms with Crippen LogP contribution in [0.4, 0.5) is 5.69 Å². The third-order valence-electron chi connectivity index (χ3n) is 6.28. The molecule has 2 aromatic carbocycles. The van der Waals surface area contributed by atoms with Gasteiger partial charge in [0.2, 0.25) is 0 Å². The van der Waals surface area contributed by atoms with Crippen molar-refractivity contribution in [2.45, 2.75) is 50.0 Å². The molecule has 2 aliphatic heterocycles. The summed E-state index contributed by atoms with van der Waals surface area (Å²) in [6.07, 6.45) is 4.96. The zero-order chi connectivity index (χ0) is 21.8. The van der Waals surface area contributed by atoms with Gasteiger partial charge in [-0.15, -0.1) is 0 Å². The number of amides is 1. The lowest BCUT2D eigenvalue weighted by Crippen LogP contribution is -2.44. The summed E-state index contributed by atoms with van der Waals surface area (Å²) in [7, 11) is -3.71. The molecular formula is C24H31N3O3S. The molecule has 1 saturated heterocycles. The highest BCUT2D eigenvalue weighted by atomic mass is 32.2. The van der Waals surface area contributed by atoms with Gasteiger partial charge in [0.05, 0.1) is 10.6 Å². The van der Waals surface area contributed by atoms with Crippen LogP contribution in [-0.4, -0.2) is 51.4 Å². The minimum Gasteiger partial charge on any atom is -0.349 e. The summed E-state index contributed by atoms with van der Waals surface area (Å²) in [4.78, 5) is 15.4. The molecule has 7 heteroatoms. The monoisotopic (exact) mass is 441 g/mol. The Morgan fingerprint density at radius 3 is 2.61 bits per heavy atom. The first kappa shape index (κ1) is 21.8. The maximum Gasteiger partial charge on any atom is 0.264 e. The van der Waals surface area contributed by atoms with Crippen LogP contribution in [0.2, 0.25) is 0 Å². The number of hydrogen-bond donors (Lipinski definition) is 1. The summed E-state index contributed by atoms with van der Waals surface area (Å²) in [5, 5.41) is 3.10. The van der Waals surface area contributed by atoms with Gasteiger partial charge in [0.1, 0.15) is 0 Å². The highest BCUT2D eigenvalue weighted by Crippen LogP contribution is 2.32. The molecule has 166 valence electrons. The normalized spacial score (nSPS) is 17.5. The Balaban J connectivity index is 1.43. The smallest absolute Gasteiger partial charge is 0.264 e. The van der Waals surface area contributed by atoms with E-state index in [2.05, 4.69) is 17.1 Å². The van der Waals surface area contributed by atoms with Crippen LogP contribution in [0.15, 0.2) is 53.4 Å². The van der Waals surface area contributed by atoms with E-state index in [1.165, 1.54) is 23.2 Å². The second-order valence-corrected chi connectivity index (χ2v) is 10.3. The maximum atomic E-state index is 13.3. The lowest BCUT2D eigenvalue weighted by molar-refractivity contribution is 0.0910. The third-order valence-corrected chi connectivity index (χ3v) is 8.09. The summed E-state index contributed by atoms with van der Waals surface area (Å²) in [5.41, 5.74) is 2.15. The average Bonchev–Trinajstić information content (AvgIpc) is 3.24. The zero-order valence-electron chi connectivity index (χ0n) is 18.1. The molecule has 0 radical (unpaired) electrons. The lowest BCUT2D eigenvalue weighted by Gasteiger charge is -2.32. The van der Waals surface area contributed by atoms with Crippen molar-refractivity contribution in [3.05, 3.63) is 59.7 Å². The van der Waals surface area contributed by atoms with Crippen LogP contribution in [0.3, 0.4) is 0 Å². The van der Waals surface area contributed by atoms with E-state index in [1.54, 1.807) is 18.2 Å². The zero-order valence-corrected chi connectivity index (χ0v) is 18.9. The first-order valence-corrected chi connectivity index (χ1v) is 12.7. The lowest BCUT2D eigenvalue weighted by atomic mass is 10.0. The standard InChI is InChI=1S/C24H31N3O3S/c1-2-3-14-26-15-12-21(13-16-26)25-24(28)20-8-6-9-22(18-20)31(29,30)27-17-11-19-7-4-5-10-23(19)27/h4-10,18,21H,2-3,11-17H2,1H3,(H,25,28). The molecule has 1 amide bonds. The van der Waals surface area contributed by atoms with Crippen molar-refractivity contribution in [3.8, 4) is 0 Å². The van der Waals surface area contributed by atoms with Crippen molar-refractivity contribution >= 4 is 21.6 Å². The third kappa shape index (κ3) is 4.77. The predicted octanol–water partition coefficient (Wildman–Crippen LogP) is 3.43. The molecule has 0 aromatic heterocycles. The number of piperidine rings is 1. The topological polar surface area (TPSA) is 69.7 Å². The number of benzene rings is 2. The van der Waals surface area contributed by atoms with Crippen LogP contribution in [-0.2, 0) is 16.4 Å². The Morgan fingerprint density at radius 1 is 1.06 bits per heavy atom. The van der Waals surface area contributed by atoms with E-state index in [-0.39, 0.29) is 16.8 Å². The second kappa shape index (κ2) is 9.40. The van der Waals surface area contributed by atoms with Gasteiger partial charge in [0.15, 0.2) is 0 Å². The minimum atomic E-state index is -3.71. The number of fused-ring (bicyclic) bond motifs is 1. The van der Waals surface area contributed by atoms with E-state index >= 15 is 0 Å². The van der Waals surface area contributed by atoms with Crippen LogP contribution >= 0.6 is 0 Å². The van der Waals surface area contributed by atoms with Gasteiger partial charge in [-0.2, -0.15) is 0 Å². The molecule has 2 aliphatic rings. The second-order valence-electron chi connectivity index (χ2n) is 8.43. The Morgan fingerprint density at radius 2 is 1.84 bits per heavy atom.